The number of aliphatic hydroxyl groups excluding tert-OH is 1. The molecule has 0 aliphatic heterocycles. The lowest BCUT2D eigenvalue weighted by molar-refractivity contribution is 0.192. The highest BCUT2D eigenvalue weighted by molar-refractivity contribution is 5.68. The molecule has 0 saturated carbocycles. The molecule has 1 N–H and O–H groups in total. The van der Waals surface area contributed by atoms with Gasteiger partial charge in [-0.15, -0.1) is 0 Å². The normalized spacial score (nSPS) is 16.7. The first-order valence-corrected chi connectivity index (χ1v) is 11.5. The quantitative estimate of drug-likeness (QED) is 0.358. The van der Waals surface area contributed by atoms with Crippen molar-refractivity contribution in [2.45, 2.75) is 45.1 Å². The summed E-state index contributed by atoms with van der Waals surface area (Å²) in [4.78, 5) is 0. The lowest BCUT2D eigenvalue weighted by atomic mass is 9.81. The summed E-state index contributed by atoms with van der Waals surface area (Å²) in [5.41, 5.74) is 1.21. The van der Waals surface area contributed by atoms with E-state index in [1.165, 1.54) is 37.3 Å². The van der Waals surface area contributed by atoms with E-state index in [0.717, 1.165) is 0 Å². The minimum absolute atomic E-state index is 0.0691. The van der Waals surface area contributed by atoms with Crippen molar-refractivity contribution in [2.24, 2.45) is 0 Å². The SMILES string of the molecule is CCOc1ccc(-c2ccc(C3CC=C(c4ccc(C(C)O)c(F)c4F)CC3)c(F)c2)c(F)c1F. The predicted octanol–water partition coefficient (Wildman–Crippen LogP) is 7.85. The molecule has 184 valence electrons. The van der Waals surface area contributed by atoms with Crippen LogP contribution in [-0.2, 0) is 0 Å². The van der Waals surface area contributed by atoms with Gasteiger partial charge in [-0.2, -0.15) is 4.39 Å². The highest BCUT2D eigenvalue weighted by Gasteiger charge is 2.24. The number of benzene rings is 3. The van der Waals surface area contributed by atoms with E-state index in [0.29, 0.717) is 30.4 Å². The molecule has 2 unspecified atom stereocenters. The first kappa shape index (κ1) is 24.9. The predicted molar refractivity (Wildman–Crippen MR) is 124 cm³/mol. The molecule has 0 heterocycles. The Morgan fingerprint density at radius 3 is 2.26 bits per heavy atom. The molecule has 1 aliphatic carbocycles. The van der Waals surface area contributed by atoms with Crippen molar-refractivity contribution in [1.29, 1.82) is 0 Å². The van der Waals surface area contributed by atoms with Gasteiger partial charge in [0.25, 0.3) is 0 Å². The average Bonchev–Trinajstić information content (AvgIpc) is 2.84. The third kappa shape index (κ3) is 4.82. The van der Waals surface area contributed by atoms with Gasteiger partial charge in [-0.25, -0.2) is 17.6 Å². The summed E-state index contributed by atoms with van der Waals surface area (Å²) in [6.45, 7) is 3.21. The molecule has 1 aliphatic rings. The van der Waals surface area contributed by atoms with Gasteiger partial charge < -0.3 is 9.84 Å². The Morgan fingerprint density at radius 2 is 1.63 bits per heavy atom. The molecular formula is C28H25F5O2. The molecule has 0 spiro atoms. The molecule has 0 amide bonds. The van der Waals surface area contributed by atoms with Gasteiger partial charge in [0.05, 0.1) is 12.7 Å². The maximum atomic E-state index is 15.0. The van der Waals surface area contributed by atoms with Gasteiger partial charge in [0.15, 0.2) is 23.2 Å². The fourth-order valence-corrected chi connectivity index (χ4v) is 4.54. The maximum absolute atomic E-state index is 15.0. The molecule has 3 aromatic carbocycles. The second-order valence-corrected chi connectivity index (χ2v) is 8.62. The Kier molecular flexibility index (Phi) is 7.26. The molecule has 2 atom stereocenters. The monoisotopic (exact) mass is 488 g/mol. The van der Waals surface area contributed by atoms with Crippen molar-refractivity contribution < 1.29 is 31.8 Å². The summed E-state index contributed by atoms with van der Waals surface area (Å²) in [7, 11) is 0. The third-order valence-electron chi connectivity index (χ3n) is 6.42. The first-order valence-electron chi connectivity index (χ1n) is 11.5. The Morgan fingerprint density at radius 1 is 0.914 bits per heavy atom. The standard InChI is InChI=1S/C28H25F5O2/c1-3-35-24-13-12-22(27(32)28(24)33)18-8-9-20(23(29)14-18)16-4-6-17(7-5-16)21-11-10-19(15(2)34)25(30)26(21)31/h6,8-16,34H,3-5,7H2,1-2H3. The van der Waals surface area contributed by atoms with Gasteiger partial charge in [-0.1, -0.05) is 30.3 Å². The molecule has 0 radical (unpaired) electrons. The number of hydrogen-bond donors (Lipinski definition) is 1. The fourth-order valence-electron chi connectivity index (χ4n) is 4.54. The smallest absolute Gasteiger partial charge is 0.201 e. The second-order valence-electron chi connectivity index (χ2n) is 8.62. The van der Waals surface area contributed by atoms with Crippen LogP contribution in [0.4, 0.5) is 22.0 Å². The minimum Gasteiger partial charge on any atom is -0.491 e. The van der Waals surface area contributed by atoms with Crippen LogP contribution in [0.2, 0.25) is 0 Å². The fraction of sp³-hybridized carbons (Fsp3) is 0.286. The zero-order valence-corrected chi connectivity index (χ0v) is 19.3. The summed E-state index contributed by atoms with van der Waals surface area (Å²) < 4.78 is 77.7. The molecule has 0 saturated heterocycles. The van der Waals surface area contributed by atoms with Crippen LogP contribution >= 0.6 is 0 Å². The second kappa shape index (κ2) is 10.2. The summed E-state index contributed by atoms with van der Waals surface area (Å²) in [6.07, 6.45) is 1.98. The maximum Gasteiger partial charge on any atom is 0.201 e. The van der Waals surface area contributed by atoms with Crippen LogP contribution < -0.4 is 4.74 Å². The van der Waals surface area contributed by atoms with Crippen LogP contribution in [0.25, 0.3) is 16.7 Å². The van der Waals surface area contributed by atoms with Crippen LogP contribution in [0.1, 0.15) is 61.8 Å². The van der Waals surface area contributed by atoms with E-state index in [-0.39, 0.29) is 40.5 Å². The van der Waals surface area contributed by atoms with Crippen molar-refractivity contribution in [2.75, 3.05) is 6.61 Å². The van der Waals surface area contributed by atoms with E-state index in [4.69, 9.17) is 4.74 Å². The van der Waals surface area contributed by atoms with Crippen LogP contribution in [0.3, 0.4) is 0 Å². The topological polar surface area (TPSA) is 29.5 Å². The van der Waals surface area contributed by atoms with E-state index < -0.39 is 35.2 Å². The molecule has 0 fully saturated rings. The van der Waals surface area contributed by atoms with Gasteiger partial charge in [0, 0.05) is 16.7 Å². The van der Waals surface area contributed by atoms with Crippen molar-refractivity contribution in [3.05, 3.63) is 94.3 Å². The average molecular weight is 488 g/mol. The molecule has 35 heavy (non-hydrogen) atoms. The van der Waals surface area contributed by atoms with E-state index >= 15 is 4.39 Å². The van der Waals surface area contributed by atoms with E-state index in [1.54, 1.807) is 25.1 Å². The van der Waals surface area contributed by atoms with Crippen molar-refractivity contribution in [1.82, 2.24) is 0 Å². The Labute approximate surface area is 200 Å². The summed E-state index contributed by atoms with van der Waals surface area (Å²) in [5, 5.41) is 9.57. The summed E-state index contributed by atoms with van der Waals surface area (Å²) in [5.74, 6) is -5.25. The molecule has 0 bridgehead atoms. The largest absolute Gasteiger partial charge is 0.491 e. The van der Waals surface area contributed by atoms with E-state index in [2.05, 4.69) is 0 Å². The third-order valence-corrected chi connectivity index (χ3v) is 6.42. The summed E-state index contributed by atoms with van der Waals surface area (Å²) >= 11 is 0. The van der Waals surface area contributed by atoms with Crippen molar-refractivity contribution >= 4 is 5.57 Å². The van der Waals surface area contributed by atoms with Gasteiger partial charge in [0.1, 0.15) is 5.82 Å². The Bertz CT molecular complexity index is 1280. The molecule has 2 nitrogen and oxygen atoms in total. The summed E-state index contributed by atoms with van der Waals surface area (Å²) in [6, 6.07) is 9.76. The molecule has 0 aromatic heterocycles. The number of halogens is 5. The van der Waals surface area contributed by atoms with Gasteiger partial charge in [-0.05, 0) is 73.9 Å². The number of allylic oxidation sites excluding steroid dienone is 2. The lowest BCUT2D eigenvalue weighted by Crippen LogP contribution is -2.08. The van der Waals surface area contributed by atoms with Gasteiger partial charge in [-0.3, -0.25) is 0 Å². The van der Waals surface area contributed by atoms with E-state index in [1.807, 2.05) is 0 Å². The number of rotatable bonds is 6. The highest BCUT2D eigenvalue weighted by Crippen LogP contribution is 2.40. The lowest BCUT2D eigenvalue weighted by Gasteiger charge is -2.24. The Hall–Kier alpha value is -3.19. The van der Waals surface area contributed by atoms with Crippen LogP contribution in [0.5, 0.6) is 5.75 Å². The van der Waals surface area contributed by atoms with Crippen molar-refractivity contribution in [3.8, 4) is 16.9 Å². The number of ether oxygens (including phenoxy) is 1. The van der Waals surface area contributed by atoms with E-state index in [9.17, 15) is 22.7 Å². The van der Waals surface area contributed by atoms with Crippen molar-refractivity contribution in [3.63, 3.8) is 0 Å². The zero-order valence-electron chi connectivity index (χ0n) is 19.3. The Balaban J connectivity index is 1.56. The zero-order chi connectivity index (χ0) is 25.3. The molecule has 4 rings (SSSR count). The van der Waals surface area contributed by atoms with Crippen LogP contribution in [0.15, 0.2) is 48.5 Å². The molecule has 3 aromatic rings. The van der Waals surface area contributed by atoms with Crippen LogP contribution in [0, 0.1) is 29.1 Å². The molecule has 7 heteroatoms. The number of hydrogen-bond acceptors (Lipinski definition) is 2. The van der Waals surface area contributed by atoms with Gasteiger partial charge >= 0.3 is 0 Å². The number of aliphatic hydroxyl groups is 1. The van der Waals surface area contributed by atoms with Crippen LogP contribution in [-0.4, -0.2) is 11.7 Å². The minimum atomic E-state index is -1.12. The first-order chi connectivity index (χ1) is 16.7. The molecular weight excluding hydrogens is 463 g/mol. The van der Waals surface area contributed by atoms with Gasteiger partial charge in [0.2, 0.25) is 5.82 Å². The highest BCUT2D eigenvalue weighted by atomic mass is 19.2.